The molecule has 18 heavy (non-hydrogen) atoms. The highest BCUT2D eigenvalue weighted by atomic mass is 79.9. The number of hydrogen-bond donors (Lipinski definition) is 1. The Hall–Kier alpha value is -0.920. The third kappa shape index (κ3) is 4.08. The van der Waals surface area contributed by atoms with Crippen LogP contribution in [0.15, 0.2) is 15.9 Å². The van der Waals surface area contributed by atoms with Gasteiger partial charge < -0.3 is 14.9 Å². The van der Waals surface area contributed by atoms with Crippen molar-refractivity contribution in [2.75, 3.05) is 33.8 Å². The van der Waals surface area contributed by atoms with E-state index in [0.29, 0.717) is 4.88 Å². The monoisotopic (exact) mass is 334 g/mol. The minimum absolute atomic E-state index is 0.00481. The van der Waals surface area contributed by atoms with Gasteiger partial charge in [0.1, 0.15) is 0 Å². The van der Waals surface area contributed by atoms with Crippen molar-refractivity contribution in [1.82, 2.24) is 9.80 Å². The summed E-state index contributed by atoms with van der Waals surface area (Å²) in [6, 6.07) is 3.51. The number of amides is 2. The molecule has 0 bridgehead atoms. The molecule has 0 radical (unpaired) electrons. The molecular formula is C11H15BrN2O3S. The van der Waals surface area contributed by atoms with Crippen LogP contribution in [0.25, 0.3) is 0 Å². The Morgan fingerprint density at radius 2 is 2.00 bits per heavy atom. The predicted octanol–water partition coefficient (Wildman–Crippen LogP) is 1.03. The number of halogens is 1. The van der Waals surface area contributed by atoms with Gasteiger partial charge in [0.2, 0.25) is 5.91 Å². The number of hydrogen-bond acceptors (Lipinski definition) is 4. The molecule has 7 heteroatoms. The molecule has 0 saturated carbocycles. The summed E-state index contributed by atoms with van der Waals surface area (Å²) in [7, 11) is 3.18. The summed E-state index contributed by atoms with van der Waals surface area (Å²) in [5, 5.41) is 8.73. The summed E-state index contributed by atoms with van der Waals surface area (Å²) in [6.07, 6.45) is 0. The number of likely N-dealkylation sites (N-methyl/N-ethyl adjacent to an activating group) is 2. The summed E-state index contributed by atoms with van der Waals surface area (Å²) in [6.45, 7) is 0.189. The van der Waals surface area contributed by atoms with Crippen molar-refractivity contribution in [1.29, 1.82) is 0 Å². The zero-order valence-electron chi connectivity index (χ0n) is 10.2. The quantitative estimate of drug-likeness (QED) is 0.874. The molecule has 100 valence electrons. The van der Waals surface area contributed by atoms with E-state index < -0.39 is 0 Å². The smallest absolute Gasteiger partial charge is 0.264 e. The minimum Gasteiger partial charge on any atom is -0.395 e. The van der Waals surface area contributed by atoms with Gasteiger partial charge in [-0.1, -0.05) is 0 Å². The highest BCUT2D eigenvalue weighted by molar-refractivity contribution is 9.11. The van der Waals surface area contributed by atoms with Gasteiger partial charge >= 0.3 is 0 Å². The van der Waals surface area contributed by atoms with Crippen LogP contribution in [0.5, 0.6) is 0 Å². The second-order valence-corrected chi connectivity index (χ2v) is 6.27. The van der Waals surface area contributed by atoms with E-state index in [1.165, 1.54) is 21.1 Å². The molecule has 0 aliphatic carbocycles. The Morgan fingerprint density at radius 1 is 1.33 bits per heavy atom. The Bertz CT molecular complexity index is 436. The van der Waals surface area contributed by atoms with Crippen LogP contribution in [0.2, 0.25) is 0 Å². The van der Waals surface area contributed by atoms with Gasteiger partial charge in [-0.15, -0.1) is 11.3 Å². The summed E-state index contributed by atoms with van der Waals surface area (Å²) in [4.78, 5) is 27.0. The molecule has 2 amide bonds. The average Bonchev–Trinajstić information content (AvgIpc) is 2.75. The Morgan fingerprint density at radius 3 is 2.50 bits per heavy atom. The maximum Gasteiger partial charge on any atom is 0.264 e. The molecule has 1 aromatic rings. The first kappa shape index (κ1) is 15.1. The highest BCUT2D eigenvalue weighted by Crippen LogP contribution is 2.22. The van der Waals surface area contributed by atoms with Crippen molar-refractivity contribution < 1.29 is 14.7 Å². The third-order valence-electron chi connectivity index (χ3n) is 2.36. The van der Waals surface area contributed by atoms with Crippen molar-refractivity contribution in [2.24, 2.45) is 0 Å². The van der Waals surface area contributed by atoms with Gasteiger partial charge in [-0.2, -0.15) is 0 Å². The first-order chi connectivity index (χ1) is 8.45. The first-order valence-corrected chi connectivity index (χ1v) is 6.92. The molecule has 0 aromatic carbocycles. The number of thiophene rings is 1. The second kappa shape index (κ2) is 6.86. The van der Waals surface area contributed by atoms with Crippen LogP contribution in [0.3, 0.4) is 0 Å². The molecule has 0 spiro atoms. The largest absolute Gasteiger partial charge is 0.395 e. The molecule has 1 N–H and O–H groups in total. The van der Waals surface area contributed by atoms with Crippen molar-refractivity contribution >= 4 is 39.1 Å². The topological polar surface area (TPSA) is 60.9 Å². The van der Waals surface area contributed by atoms with E-state index in [1.54, 1.807) is 26.2 Å². The average molecular weight is 335 g/mol. The van der Waals surface area contributed by atoms with Crippen LogP contribution in [0, 0.1) is 0 Å². The summed E-state index contributed by atoms with van der Waals surface area (Å²) in [5.74, 6) is -0.382. The summed E-state index contributed by atoms with van der Waals surface area (Å²) >= 11 is 4.62. The fourth-order valence-electron chi connectivity index (χ4n) is 1.29. The van der Waals surface area contributed by atoms with Crippen LogP contribution in [-0.4, -0.2) is 60.5 Å². The van der Waals surface area contributed by atoms with E-state index >= 15 is 0 Å². The van der Waals surface area contributed by atoms with Gasteiger partial charge in [0.25, 0.3) is 5.91 Å². The van der Waals surface area contributed by atoms with Gasteiger partial charge in [-0.3, -0.25) is 9.59 Å². The number of aliphatic hydroxyl groups excluding tert-OH is 1. The molecule has 1 rings (SSSR count). The molecule has 5 nitrogen and oxygen atoms in total. The van der Waals surface area contributed by atoms with Gasteiger partial charge in [-0.25, -0.2) is 0 Å². The van der Waals surface area contributed by atoms with E-state index in [2.05, 4.69) is 15.9 Å². The predicted molar refractivity (Wildman–Crippen MR) is 73.7 cm³/mol. The lowest BCUT2D eigenvalue weighted by molar-refractivity contribution is -0.130. The van der Waals surface area contributed by atoms with Gasteiger partial charge in [-0.05, 0) is 28.1 Å². The van der Waals surface area contributed by atoms with Gasteiger partial charge in [0.05, 0.1) is 21.8 Å². The van der Waals surface area contributed by atoms with E-state index in [0.717, 1.165) is 3.79 Å². The van der Waals surface area contributed by atoms with Crippen LogP contribution in [-0.2, 0) is 4.79 Å². The number of nitrogens with zero attached hydrogens (tertiary/aromatic N) is 2. The zero-order valence-corrected chi connectivity index (χ0v) is 12.6. The normalized spacial score (nSPS) is 10.2. The second-order valence-electron chi connectivity index (χ2n) is 3.80. The molecule has 0 atom stereocenters. The summed E-state index contributed by atoms with van der Waals surface area (Å²) < 4.78 is 0.878. The van der Waals surface area contributed by atoms with Crippen LogP contribution < -0.4 is 0 Å². The lowest BCUT2D eigenvalue weighted by Crippen LogP contribution is -2.40. The Labute approximate surface area is 118 Å². The van der Waals surface area contributed by atoms with Gasteiger partial charge in [0.15, 0.2) is 0 Å². The van der Waals surface area contributed by atoms with Crippen molar-refractivity contribution in [2.45, 2.75) is 0 Å². The molecule has 0 aliphatic heterocycles. The minimum atomic E-state index is -0.199. The van der Waals surface area contributed by atoms with Crippen molar-refractivity contribution in [3.8, 4) is 0 Å². The highest BCUT2D eigenvalue weighted by Gasteiger charge is 2.18. The lowest BCUT2D eigenvalue weighted by Gasteiger charge is -2.21. The van der Waals surface area contributed by atoms with Crippen LogP contribution in [0.1, 0.15) is 9.67 Å². The lowest BCUT2D eigenvalue weighted by atomic mass is 10.4. The summed E-state index contributed by atoms with van der Waals surface area (Å²) in [5.41, 5.74) is 0. The zero-order chi connectivity index (χ0) is 13.7. The van der Waals surface area contributed by atoms with E-state index in [-0.39, 0.29) is 31.5 Å². The molecule has 1 aromatic heterocycles. The maximum absolute atomic E-state index is 12.0. The van der Waals surface area contributed by atoms with Crippen LogP contribution in [0.4, 0.5) is 0 Å². The Kier molecular flexibility index (Phi) is 5.77. The number of rotatable bonds is 5. The van der Waals surface area contributed by atoms with E-state index in [9.17, 15) is 9.59 Å². The van der Waals surface area contributed by atoms with Gasteiger partial charge in [0, 0.05) is 20.6 Å². The standard InChI is InChI=1S/C11H15BrN2O3S/c1-13(5-6-15)10(16)7-14(2)11(17)8-3-4-9(12)18-8/h3-4,15H,5-7H2,1-2H3. The third-order valence-corrected chi connectivity index (χ3v) is 3.98. The van der Waals surface area contributed by atoms with E-state index in [4.69, 9.17) is 5.11 Å². The number of carbonyl (C=O) groups excluding carboxylic acids is 2. The molecular weight excluding hydrogens is 320 g/mol. The molecule has 1 heterocycles. The maximum atomic E-state index is 12.0. The van der Waals surface area contributed by atoms with Crippen molar-refractivity contribution in [3.63, 3.8) is 0 Å². The SMILES string of the molecule is CN(CCO)C(=O)CN(C)C(=O)c1ccc(Br)s1. The Balaban J connectivity index is 2.57. The fraction of sp³-hybridized carbons (Fsp3) is 0.455. The fourth-order valence-corrected chi connectivity index (χ4v) is 2.67. The number of aliphatic hydroxyl groups is 1. The molecule has 0 aliphatic rings. The first-order valence-electron chi connectivity index (χ1n) is 5.31. The van der Waals surface area contributed by atoms with Crippen LogP contribution >= 0.6 is 27.3 Å². The van der Waals surface area contributed by atoms with Crippen molar-refractivity contribution in [3.05, 3.63) is 20.8 Å². The van der Waals surface area contributed by atoms with E-state index in [1.807, 2.05) is 0 Å². The number of carbonyl (C=O) groups is 2. The molecule has 0 unspecified atom stereocenters. The molecule has 0 fully saturated rings. The molecule has 0 saturated heterocycles.